The molecule has 42 heavy (non-hydrogen) atoms. The van der Waals surface area contributed by atoms with Gasteiger partial charge in [-0.15, -0.1) is 10.2 Å². The summed E-state index contributed by atoms with van der Waals surface area (Å²) in [7, 11) is 0. The van der Waals surface area contributed by atoms with Gasteiger partial charge in [-0.3, -0.25) is 19.5 Å². The Labute approximate surface area is 254 Å². The molecule has 5 aromatic rings. The zero-order valence-electron chi connectivity index (χ0n) is 21.8. The lowest BCUT2D eigenvalue weighted by molar-refractivity contribution is -0.384. The fraction of sp³-hybridized carbons (Fsp3) is 0.100. The molecule has 4 aromatic carbocycles. The van der Waals surface area contributed by atoms with Crippen molar-refractivity contribution in [2.24, 2.45) is 0 Å². The zero-order valence-corrected chi connectivity index (χ0v) is 24.1. The van der Waals surface area contributed by atoms with Crippen molar-refractivity contribution >= 4 is 46.6 Å². The lowest BCUT2D eigenvalue weighted by atomic mass is 10.0. The molecule has 212 valence electrons. The number of non-ortho nitro benzene ring substituents is 1. The number of nitrogens with zero attached hydrogens (tertiary/aromatic N) is 4. The average Bonchev–Trinajstić information content (AvgIpc) is 3.40. The van der Waals surface area contributed by atoms with Gasteiger partial charge in [-0.05, 0) is 60.0 Å². The summed E-state index contributed by atoms with van der Waals surface area (Å²) in [5.41, 5.74) is 2.58. The number of hydrogen-bond acceptors (Lipinski definition) is 6. The van der Waals surface area contributed by atoms with E-state index < -0.39 is 16.9 Å². The van der Waals surface area contributed by atoms with Crippen molar-refractivity contribution in [1.29, 1.82) is 0 Å². The van der Waals surface area contributed by atoms with E-state index in [2.05, 4.69) is 15.5 Å². The Kier molecular flexibility index (Phi) is 9.16. The first kappa shape index (κ1) is 29.2. The monoisotopic (exact) mass is 621 g/mol. The Morgan fingerprint density at radius 3 is 2.24 bits per heavy atom. The van der Waals surface area contributed by atoms with E-state index in [0.717, 1.165) is 11.1 Å². The van der Waals surface area contributed by atoms with E-state index in [1.165, 1.54) is 54.2 Å². The molecule has 0 bridgehead atoms. The highest BCUT2D eigenvalue weighted by molar-refractivity contribution is 7.98. The molecule has 1 atom stereocenters. The van der Waals surface area contributed by atoms with Gasteiger partial charge in [-0.1, -0.05) is 77.4 Å². The van der Waals surface area contributed by atoms with Crippen LogP contribution in [0.15, 0.2) is 102 Å². The fourth-order valence-corrected chi connectivity index (χ4v) is 5.72. The molecule has 0 aliphatic rings. The Balaban J connectivity index is 1.56. The SMILES string of the molecule is O=C(NC(Cc1ccccc1)c1nnc(SCc2ccc(F)cc2)n1-c1ccc([N+](=O)[O-])cc1)c1cc(Cl)cc(Cl)c1. The van der Waals surface area contributed by atoms with Crippen molar-refractivity contribution in [2.45, 2.75) is 23.4 Å². The summed E-state index contributed by atoms with van der Waals surface area (Å²) in [6, 6.07) is 25.6. The predicted octanol–water partition coefficient (Wildman–Crippen LogP) is 7.63. The number of nitrogens with one attached hydrogen (secondary N) is 1. The second kappa shape index (κ2) is 13.2. The number of rotatable bonds is 10. The zero-order chi connectivity index (χ0) is 29.6. The summed E-state index contributed by atoms with van der Waals surface area (Å²) >= 11 is 13.7. The molecule has 0 saturated carbocycles. The van der Waals surface area contributed by atoms with Crippen molar-refractivity contribution in [2.75, 3.05) is 0 Å². The molecule has 1 heterocycles. The van der Waals surface area contributed by atoms with Crippen molar-refractivity contribution in [3.63, 3.8) is 0 Å². The van der Waals surface area contributed by atoms with Crippen LogP contribution >= 0.6 is 35.0 Å². The van der Waals surface area contributed by atoms with Crippen LogP contribution in [0, 0.1) is 15.9 Å². The van der Waals surface area contributed by atoms with Crippen LogP contribution in [0.25, 0.3) is 5.69 Å². The third kappa shape index (κ3) is 7.14. The minimum Gasteiger partial charge on any atom is -0.342 e. The van der Waals surface area contributed by atoms with E-state index in [-0.39, 0.29) is 17.1 Å². The summed E-state index contributed by atoms with van der Waals surface area (Å²) in [6.45, 7) is 0. The Bertz CT molecular complexity index is 1700. The number of carbonyl (C=O) groups excluding carboxylic acids is 1. The molecule has 1 N–H and O–H groups in total. The highest BCUT2D eigenvalue weighted by atomic mass is 35.5. The average molecular weight is 623 g/mol. The summed E-state index contributed by atoms with van der Waals surface area (Å²) in [6.07, 6.45) is 0.370. The molecule has 1 amide bonds. The third-order valence-corrected chi connectivity index (χ3v) is 7.72. The van der Waals surface area contributed by atoms with E-state index in [1.54, 1.807) is 28.8 Å². The second-order valence-electron chi connectivity index (χ2n) is 9.24. The maximum atomic E-state index is 13.4. The first-order valence-corrected chi connectivity index (χ1v) is 14.4. The van der Waals surface area contributed by atoms with Crippen molar-refractivity contribution in [1.82, 2.24) is 20.1 Å². The van der Waals surface area contributed by atoms with Gasteiger partial charge in [-0.25, -0.2) is 4.39 Å². The number of thioether (sulfide) groups is 1. The minimum atomic E-state index is -0.666. The van der Waals surface area contributed by atoms with Crippen LogP contribution in [-0.2, 0) is 12.2 Å². The fourth-order valence-electron chi connectivity index (χ4n) is 4.28. The summed E-state index contributed by atoms with van der Waals surface area (Å²) in [4.78, 5) is 24.3. The number of aromatic nitrogens is 3. The van der Waals surface area contributed by atoms with Crippen molar-refractivity contribution in [3.05, 3.63) is 146 Å². The maximum absolute atomic E-state index is 13.4. The van der Waals surface area contributed by atoms with E-state index >= 15 is 0 Å². The van der Waals surface area contributed by atoms with Gasteiger partial charge in [0.05, 0.1) is 11.0 Å². The van der Waals surface area contributed by atoms with Crippen molar-refractivity contribution in [3.8, 4) is 5.69 Å². The van der Waals surface area contributed by atoms with Crippen LogP contribution in [-0.4, -0.2) is 25.6 Å². The minimum absolute atomic E-state index is 0.0686. The van der Waals surface area contributed by atoms with Crippen LogP contribution in [0.3, 0.4) is 0 Å². The Morgan fingerprint density at radius 1 is 0.929 bits per heavy atom. The molecule has 0 aliphatic carbocycles. The molecule has 0 saturated heterocycles. The standard InChI is InChI=1S/C30H22Cl2FN5O3S/c31-22-15-21(16-23(32)17-22)29(39)34-27(14-19-4-2-1-3-5-19)28-35-36-30(42-18-20-6-8-24(33)9-7-20)37(28)25-10-12-26(13-11-25)38(40)41/h1-13,15-17,27H,14,18H2,(H,34,39). The van der Waals surface area contributed by atoms with Gasteiger partial charge in [-0.2, -0.15) is 0 Å². The van der Waals surface area contributed by atoms with Crippen LogP contribution in [0.4, 0.5) is 10.1 Å². The lowest BCUT2D eigenvalue weighted by Crippen LogP contribution is -2.32. The predicted molar refractivity (Wildman–Crippen MR) is 161 cm³/mol. The molecule has 0 fully saturated rings. The molecule has 1 unspecified atom stereocenters. The summed E-state index contributed by atoms with van der Waals surface area (Å²) in [5.74, 6) is 0.123. The largest absolute Gasteiger partial charge is 0.342 e. The molecule has 12 heteroatoms. The van der Waals surface area contributed by atoms with Crippen LogP contribution in [0.1, 0.15) is 33.4 Å². The topological polar surface area (TPSA) is 103 Å². The van der Waals surface area contributed by atoms with Gasteiger partial charge in [0.15, 0.2) is 11.0 Å². The van der Waals surface area contributed by atoms with Gasteiger partial charge in [0.1, 0.15) is 5.82 Å². The number of amides is 1. The highest BCUT2D eigenvalue weighted by Crippen LogP contribution is 2.30. The second-order valence-corrected chi connectivity index (χ2v) is 11.1. The number of nitro benzene ring substituents is 1. The van der Waals surface area contributed by atoms with Gasteiger partial charge >= 0.3 is 0 Å². The normalized spacial score (nSPS) is 11.7. The first-order chi connectivity index (χ1) is 20.3. The van der Waals surface area contributed by atoms with Gasteiger partial charge in [0.25, 0.3) is 11.6 Å². The molecule has 1 aromatic heterocycles. The highest BCUT2D eigenvalue weighted by Gasteiger charge is 2.26. The van der Waals surface area contributed by atoms with E-state index in [1.807, 2.05) is 30.3 Å². The molecule has 5 rings (SSSR count). The van der Waals surface area contributed by atoms with E-state index in [0.29, 0.717) is 38.9 Å². The van der Waals surface area contributed by atoms with Crippen molar-refractivity contribution < 1.29 is 14.1 Å². The van der Waals surface area contributed by atoms with Crippen LogP contribution in [0.5, 0.6) is 0 Å². The molecular formula is C30H22Cl2FN5O3S. The number of nitro groups is 1. The lowest BCUT2D eigenvalue weighted by Gasteiger charge is -2.20. The van der Waals surface area contributed by atoms with Gasteiger partial charge < -0.3 is 5.32 Å². The van der Waals surface area contributed by atoms with E-state index in [9.17, 15) is 19.3 Å². The Morgan fingerprint density at radius 2 is 1.60 bits per heavy atom. The van der Waals surface area contributed by atoms with Crippen LogP contribution < -0.4 is 5.32 Å². The number of benzene rings is 4. The molecule has 0 aliphatic heterocycles. The molecule has 8 nitrogen and oxygen atoms in total. The van der Waals surface area contributed by atoms with Gasteiger partial charge in [0.2, 0.25) is 0 Å². The summed E-state index contributed by atoms with van der Waals surface area (Å²) in [5, 5.41) is 24.4. The third-order valence-electron chi connectivity index (χ3n) is 6.28. The molecule has 0 radical (unpaired) electrons. The van der Waals surface area contributed by atoms with E-state index in [4.69, 9.17) is 23.2 Å². The molecule has 0 spiro atoms. The number of halogens is 3. The quantitative estimate of drug-likeness (QED) is 0.0977. The first-order valence-electron chi connectivity index (χ1n) is 12.6. The smallest absolute Gasteiger partial charge is 0.269 e. The van der Waals surface area contributed by atoms with Crippen LogP contribution in [0.2, 0.25) is 10.0 Å². The Hall–Kier alpha value is -4.25. The van der Waals surface area contributed by atoms with Gasteiger partial charge in [0, 0.05) is 39.2 Å². The maximum Gasteiger partial charge on any atom is 0.269 e. The summed E-state index contributed by atoms with van der Waals surface area (Å²) < 4.78 is 15.2. The number of hydrogen-bond donors (Lipinski definition) is 1. The number of carbonyl (C=O) groups is 1. The molecular weight excluding hydrogens is 600 g/mol.